The molecule has 2 N–H and O–H groups in total. The average Bonchev–Trinajstić information content (AvgIpc) is 2.35. The summed E-state index contributed by atoms with van der Waals surface area (Å²) in [4.78, 5) is 0. The first-order valence-electron chi connectivity index (χ1n) is 4.89. The van der Waals surface area contributed by atoms with Gasteiger partial charge in [-0.05, 0) is 37.6 Å². The standard InChI is InChI=1S/C10H21NO/c1-8-9(4-7-12-8)10(2,3)5-6-11/h8-9H,4-7,11H2,1-3H3. The zero-order valence-corrected chi connectivity index (χ0v) is 8.47. The summed E-state index contributed by atoms with van der Waals surface area (Å²) in [6.45, 7) is 8.50. The van der Waals surface area contributed by atoms with E-state index in [0.29, 0.717) is 17.4 Å². The summed E-state index contributed by atoms with van der Waals surface area (Å²) >= 11 is 0. The van der Waals surface area contributed by atoms with E-state index in [4.69, 9.17) is 10.5 Å². The van der Waals surface area contributed by atoms with Crippen molar-refractivity contribution in [3.8, 4) is 0 Å². The van der Waals surface area contributed by atoms with Crippen LogP contribution in [0.2, 0.25) is 0 Å². The maximum atomic E-state index is 5.59. The summed E-state index contributed by atoms with van der Waals surface area (Å²) in [7, 11) is 0. The molecule has 0 spiro atoms. The molecule has 1 aliphatic rings. The maximum Gasteiger partial charge on any atom is 0.0581 e. The lowest BCUT2D eigenvalue weighted by molar-refractivity contribution is 0.0639. The van der Waals surface area contributed by atoms with Crippen molar-refractivity contribution in [2.24, 2.45) is 17.1 Å². The first kappa shape index (κ1) is 10.0. The number of hydrogen-bond donors (Lipinski definition) is 1. The molecule has 2 atom stereocenters. The number of rotatable bonds is 3. The molecular weight excluding hydrogens is 150 g/mol. The summed E-state index contributed by atoms with van der Waals surface area (Å²) in [6.07, 6.45) is 2.73. The van der Waals surface area contributed by atoms with Crippen LogP contribution < -0.4 is 5.73 Å². The SMILES string of the molecule is CC1OCCC1C(C)(C)CCN. The highest BCUT2D eigenvalue weighted by Crippen LogP contribution is 2.39. The molecule has 0 aliphatic carbocycles. The molecule has 0 aromatic rings. The Kier molecular flexibility index (Phi) is 3.13. The van der Waals surface area contributed by atoms with Gasteiger partial charge in [-0.2, -0.15) is 0 Å². The van der Waals surface area contributed by atoms with Crippen LogP contribution in [0.15, 0.2) is 0 Å². The van der Waals surface area contributed by atoms with Gasteiger partial charge in [-0.1, -0.05) is 13.8 Å². The first-order valence-corrected chi connectivity index (χ1v) is 4.89. The molecular formula is C10H21NO. The van der Waals surface area contributed by atoms with Crippen LogP contribution in [0.3, 0.4) is 0 Å². The second kappa shape index (κ2) is 3.75. The van der Waals surface area contributed by atoms with Crippen LogP contribution in [0.4, 0.5) is 0 Å². The van der Waals surface area contributed by atoms with Crippen molar-refractivity contribution in [2.75, 3.05) is 13.2 Å². The third-order valence-corrected chi connectivity index (χ3v) is 3.17. The predicted octanol–water partition coefficient (Wildman–Crippen LogP) is 1.79. The van der Waals surface area contributed by atoms with Crippen molar-refractivity contribution in [1.29, 1.82) is 0 Å². The Bertz CT molecular complexity index is 145. The second-order valence-electron chi connectivity index (χ2n) is 4.50. The molecule has 2 nitrogen and oxygen atoms in total. The quantitative estimate of drug-likeness (QED) is 0.702. The molecule has 0 bridgehead atoms. The molecule has 1 heterocycles. The van der Waals surface area contributed by atoms with E-state index in [-0.39, 0.29) is 0 Å². The van der Waals surface area contributed by atoms with E-state index in [9.17, 15) is 0 Å². The molecule has 1 aliphatic heterocycles. The highest BCUT2D eigenvalue weighted by atomic mass is 16.5. The molecule has 0 radical (unpaired) electrons. The van der Waals surface area contributed by atoms with E-state index < -0.39 is 0 Å². The summed E-state index contributed by atoms with van der Waals surface area (Å²) in [5.74, 6) is 0.695. The molecule has 0 aromatic heterocycles. The van der Waals surface area contributed by atoms with Crippen molar-refractivity contribution in [2.45, 2.75) is 39.7 Å². The predicted molar refractivity (Wildman–Crippen MR) is 51.0 cm³/mol. The van der Waals surface area contributed by atoms with E-state index in [2.05, 4.69) is 20.8 Å². The molecule has 0 aromatic carbocycles. The normalized spacial score (nSPS) is 31.0. The Morgan fingerprint density at radius 1 is 1.50 bits per heavy atom. The van der Waals surface area contributed by atoms with Gasteiger partial charge in [0.1, 0.15) is 0 Å². The van der Waals surface area contributed by atoms with Gasteiger partial charge in [0.15, 0.2) is 0 Å². The zero-order chi connectivity index (χ0) is 9.19. The number of hydrogen-bond acceptors (Lipinski definition) is 2. The van der Waals surface area contributed by atoms with Crippen LogP contribution in [0.1, 0.15) is 33.6 Å². The van der Waals surface area contributed by atoms with E-state index in [1.807, 2.05) is 0 Å². The van der Waals surface area contributed by atoms with Crippen LogP contribution in [0.5, 0.6) is 0 Å². The average molecular weight is 171 g/mol. The third kappa shape index (κ3) is 1.99. The highest BCUT2D eigenvalue weighted by molar-refractivity contribution is 4.85. The molecule has 1 fully saturated rings. The van der Waals surface area contributed by atoms with Gasteiger partial charge in [-0.15, -0.1) is 0 Å². The van der Waals surface area contributed by atoms with E-state index in [1.54, 1.807) is 0 Å². The van der Waals surface area contributed by atoms with Gasteiger partial charge in [-0.25, -0.2) is 0 Å². The van der Waals surface area contributed by atoms with Crippen molar-refractivity contribution in [3.05, 3.63) is 0 Å². The monoisotopic (exact) mass is 171 g/mol. The fraction of sp³-hybridized carbons (Fsp3) is 1.00. The van der Waals surface area contributed by atoms with Gasteiger partial charge < -0.3 is 10.5 Å². The lowest BCUT2D eigenvalue weighted by Gasteiger charge is -2.33. The highest BCUT2D eigenvalue weighted by Gasteiger charge is 2.36. The summed E-state index contributed by atoms with van der Waals surface area (Å²) in [5.41, 5.74) is 5.94. The summed E-state index contributed by atoms with van der Waals surface area (Å²) in [5, 5.41) is 0. The van der Waals surface area contributed by atoms with Gasteiger partial charge in [0.25, 0.3) is 0 Å². The molecule has 0 saturated carbocycles. The minimum absolute atomic E-state index is 0.352. The Morgan fingerprint density at radius 2 is 2.17 bits per heavy atom. The molecule has 2 unspecified atom stereocenters. The lowest BCUT2D eigenvalue weighted by Crippen LogP contribution is -2.31. The minimum atomic E-state index is 0.352. The molecule has 1 saturated heterocycles. The van der Waals surface area contributed by atoms with E-state index >= 15 is 0 Å². The van der Waals surface area contributed by atoms with Crippen molar-refractivity contribution >= 4 is 0 Å². The third-order valence-electron chi connectivity index (χ3n) is 3.17. The van der Waals surface area contributed by atoms with Gasteiger partial charge in [-0.3, -0.25) is 0 Å². The molecule has 12 heavy (non-hydrogen) atoms. The van der Waals surface area contributed by atoms with E-state index in [0.717, 1.165) is 19.6 Å². The molecule has 72 valence electrons. The first-order chi connectivity index (χ1) is 5.58. The fourth-order valence-corrected chi connectivity index (χ4v) is 2.32. The smallest absolute Gasteiger partial charge is 0.0581 e. The Balaban J connectivity index is 2.54. The van der Waals surface area contributed by atoms with Gasteiger partial charge in [0.2, 0.25) is 0 Å². The molecule has 1 rings (SSSR count). The van der Waals surface area contributed by atoms with Gasteiger partial charge >= 0.3 is 0 Å². The topological polar surface area (TPSA) is 35.2 Å². The lowest BCUT2D eigenvalue weighted by atomic mass is 9.73. The molecule has 2 heteroatoms. The van der Waals surface area contributed by atoms with Crippen LogP contribution in [0.25, 0.3) is 0 Å². The summed E-state index contributed by atoms with van der Waals surface area (Å²) < 4.78 is 5.56. The van der Waals surface area contributed by atoms with Crippen molar-refractivity contribution in [1.82, 2.24) is 0 Å². The largest absolute Gasteiger partial charge is 0.378 e. The Labute approximate surface area is 75.5 Å². The number of nitrogens with two attached hydrogens (primary N) is 1. The van der Waals surface area contributed by atoms with Gasteiger partial charge in [0, 0.05) is 6.61 Å². The fourth-order valence-electron chi connectivity index (χ4n) is 2.32. The Hall–Kier alpha value is -0.0800. The minimum Gasteiger partial charge on any atom is -0.378 e. The second-order valence-corrected chi connectivity index (χ2v) is 4.50. The zero-order valence-electron chi connectivity index (χ0n) is 8.47. The summed E-state index contributed by atoms with van der Waals surface area (Å²) in [6, 6.07) is 0. The van der Waals surface area contributed by atoms with Crippen molar-refractivity contribution in [3.63, 3.8) is 0 Å². The van der Waals surface area contributed by atoms with Crippen LogP contribution in [-0.4, -0.2) is 19.3 Å². The molecule has 0 amide bonds. The van der Waals surface area contributed by atoms with Crippen LogP contribution in [0, 0.1) is 11.3 Å². The maximum absolute atomic E-state index is 5.59. The number of ether oxygens (including phenoxy) is 1. The van der Waals surface area contributed by atoms with Crippen LogP contribution >= 0.6 is 0 Å². The van der Waals surface area contributed by atoms with Gasteiger partial charge in [0.05, 0.1) is 6.10 Å². The Morgan fingerprint density at radius 3 is 2.58 bits per heavy atom. The van der Waals surface area contributed by atoms with Crippen LogP contribution in [-0.2, 0) is 4.74 Å². The van der Waals surface area contributed by atoms with Crippen molar-refractivity contribution < 1.29 is 4.74 Å². The van der Waals surface area contributed by atoms with E-state index in [1.165, 1.54) is 6.42 Å².